The molecule has 2 N–H and O–H groups in total. The van der Waals surface area contributed by atoms with Gasteiger partial charge in [-0.25, -0.2) is 4.79 Å². The molecule has 0 fully saturated rings. The summed E-state index contributed by atoms with van der Waals surface area (Å²) in [6.07, 6.45) is 29.2. The van der Waals surface area contributed by atoms with Crippen LogP contribution < -0.4 is 10.6 Å². The number of unbranched alkanes of at least 4 members (excludes halogenated alkanes) is 22. The Morgan fingerprint density at radius 1 is 0.603 bits per heavy atom. The minimum atomic E-state index is -1.20. The lowest BCUT2D eigenvalue weighted by molar-refractivity contribution is -0.156. The number of amides is 2. The standard InChI is InChI=1S/C54H88N2O7/c1-6-8-10-12-14-16-18-20-22-24-26-32-38-60-42-44(61-39-33-27-25-23-21-19-17-15-13-11-9-7-2)41-55-52(58)50(40-51(57)63-54(3,4)5)56-53(59)62-43-49-47-36-30-28-34-45(47)46-35-29-31-37-48(46)49/h28-31,34-37,44,49-50H,6-27,32-33,38-43H2,1-5H3,(H,55,58)(H,56,59)/t44?,50-/m0/s1. The molecule has 9 nitrogen and oxygen atoms in total. The molecule has 2 aromatic rings. The van der Waals surface area contributed by atoms with Crippen LogP contribution in [-0.2, 0) is 28.5 Å². The molecule has 9 heteroatoms. The van der Waals surface area contributed by atoms with E-state index in [0.29, 0.717) is 19.8 Å². The Morgan fingerprint density at radius 3 is 1.52 bits per heavy atom. The van der Waals surface area contributed by atoms with E-state index in [-0.39, 0.29) is 31.6 Å². The van der Waals surface area contributed by atoms with Crippen molar-refractivity contribution in [2.75, 3.05) is 33.0 Å². The molecular formula is C54H88N2O7. The van der Waals surface area contributed by atoms with Gasteiger partial charge in [0.15, 0.2) is 0 Å². The van der Waals surface area contributed by atoms with Crippen LogP contribution in [0.1, 0.15) is 212 Å². The zero-order valence-corrected chi connectivity index (χ0v) is 40.4. The third-order valence-electron chi connectivity index (χ3n) is 12.0. The molecule has 0 aromatic heterocycles. The van der Waals surface area contributed by atoms with E-state index in [1.165, 1.54) is 128 Å². The van der Waals surface area contributed by atoms with Crippen molar-refractivity contribution in [1.82, 2.24) is 10.6 Å². The minimum absolute atomic E-state index is 0.0895. The van der Waals surface area contributed by atoms with Gasteiger partial charge in [-0.2, -0.15) is 0 Å². The molecule has 0 saturated carbocycles. The van der Waals surface area contributed by atoms with Crippen molar-refractivity contribution < 1.29 is 33.3 Å². The Balaban J connectivity index is 1.49. The second kappa shape index (κ2) is 33.1. The predicted octanol–water partition coefficient (Wildman–Crippen LogP) is 13.5. The highest BCUT2D eigenvalue weighted by atomic mass is 16.6. The lowest BCUT2D eigenvalue weighted by Crippen LogP contribution is -2.50. The number of ether oxygens (including phenoxy) is 4. The van der Waals surface area contributed by atoms with Gasteiger partial charge >= 0.3 is 12.1 Å². The molecule has 63 heavy (non-hydrogen) atoms. The Hall–Kier alpha value is -3.43. The maximum atomic E-state index is 13.8. The van der Waals surface area contributed by atoms with Gasteiger partial charge in [0.25, 0.3) is 0 Å². The van der Waals surface area contributed by atoms with Gasteiger partial charge in [0.2, 0.25) is 5.91 Å². The van der Waals surface area contributed by atoms with Crippen molar-refractivity contribution in [3.05, 3.63) is 59.7 Å². The number of nitrogens with one attached hydrogen (secondary N) is 2. The number of carbonyl (C=O) groups excluding carboxylic acids is 3. The Bertz CT molecular complexity index is 1480. The van der Waals surface area contributed by atoms with E-state index in [9.17, 15) is 14.4 Å². The maximum Gasteiger partial charge on any atom is 0.407 e. The van der Waals surface area contributed by atoms with E-state index >= 15 is 0 Å². The molecule has 356 valence electrons. The van der Waals surface area contributed by atoms with Gasteiger partial charge in [0, 0.05) is 25.7 Å². The van der Waals surface area contributed by atoms with Crippen LogP contribution in [0.3, 0.4) is 0 Å². The summed E-state index contributed by atoms with van der Waals surface area (Å²) in [4.78, 5) is 40.1. The maximum absolute atomic E-state index is 13.8. The Morgan fingerprint density at radius 2 is 1.05 bits per heavy atom. The van der Waals surface area contributed by atoms with Gasteiger partial charge in [-0.15, -0.1) is 0 Å². The normalized spacial score (nSPS) is 13.3. The highest BCUT2D eigenvalue weighted by Crippen LogP contribution is 2.44. The highest BCUT2D eigenvalue weighted by Gasteiger charge is 2.31. The van der Waals surface area contributed by atoms with E-state index in [1.807, 2.05) is 24.3 Å². The first-order valence-electron chi connectivity index (χ1n) is 25.4. The van der Waals surface area contributed by atoms with Crippen molar-refractivity contribution in [1.29, 1.82) is 0 Å². The third-order valence-corrected chi connectivity index (χ3v) is 12.0. The number of esters is 1. The Labute approximate surface area is 383 Å². The third kappa shape index (κ3) is 23.9. The van der Waals surface area contributed by atoms with Gasteiger partial charge < -0.3 is 29.6 Å². The summed E-state index contributed by atoms with van der Waals surface area (Å²) >= 11 is 0. The van der Waals surface area contributed by atoms with E-state index in [4.69, 9.17) is 18.9 Å². The summed E-state index contributed by atoms with van der Waals surface area (Å²) < 4.78 is 23.8. The average Bonchev–Trinajstić information content (AvgIpc) is 3.58. The fraction of sp³-hybridized carbons (Fsp3) is 0.722. The number of carbonyl (C=O) groups is 3. The monoisotopic (exact) mass is 877 g/mol. The van der Waals surface area contributed by atoms with E-state index in [2.05, 4.69) is 48.7 Å². The number of hydrogen-bond acceptors (Lipinski definition) is 7. The van der Waals surface area contributed by atoms with Crippen LogP contribution in [0.15, 0.2) is 48.5 Å². The summed E-state index contributed by atoms with van der Waals surface area (Å²) in [6.45, 7) is 11.7. The largest absolute Gasteiger partial charge is 0.460 e. The highest BCUT2D eigenvalue weighted by molar-refractivity contribution is 5.89. The van der Waals surface area contributed by atoms with Gasteiger partial charge in [0.1, 0.15) is 18.2 Å². The summed E-state index contributed by atoms with van der Waals surface area (Å²) in [5.41, 5.74) is 3.67. The average molecular weight is 877 g/mol. The molecule has 2 aromatic carbocycles. The topological polar surface area (TPSA) is 112 Å². The lowest BCUT2D eigenvalue weighted by atomic mass is 9.98. The van der Waals surface area contributed by atoms with Crippen molar-refractivity contribution >= 4 is 18.0 Å². The first-order valence-corrected chi connectivity index (χ1v) is 25.4. The molecule has 3 rings (SSSR count). The molecule has 0 heterocycles. The van der Waals surface area contributed by atoms with E-state index < -0.39 is 29.6 Å². The van der Waals surface area contributed by atoms with Gasteiger partial charge in [-0.1, -0.05) is 204 Å². The second-order valence-corrected chi connectivity index (χ2v) is 18.9. The molecular weight excluding hydrogens is 789 g/mol. The molecule has 0 saturated heterocycles. The molecule has 1 aliphatic rings. The predicted molar refractivity (Wildman–Crippen MR) is 258 cm³/mol. The summed E-state index contributed by atoms with van der Waals surface area (Å²) in [7, 11) is 0. The Kier molecular flexibility index (Phi) is 28.3. The minimum Gasteiger partial charge on any atom is -0.460 e. The zero-order chi connectivity index (χ0) is 45.4. The smallest absolute Gasteiger partial charge is 0.407 e. The van der Waals surface area contributed by atoms with Crippen LogP contribution in [0, 0.1) is 0 Å². The van der Waals surface area contributed by atoms with E-state index in [1.54, 1.807) is 20.8 Å². The van der Waals surface area contributed by atoms with Crippen LogP contribution >= 0.6 is 0 Å². The van der Waals surface area contributed by atoms with Crippen LogP contribution in [0.2, 0.25) is 0 Å². The van der Waals surface area contributed by atoms with Crippen molar-refractivity contribution in [3.8, 4) is 11.1 Å². The number of rotatable bonds is 37. The quantitative estimate of drug-likeness (QED) is 0.0513. The molecule has 1 unspecified atom stereocenters. The van der Waals surface area contributed by atoms with Crippen molar-refractivity contribution in [3.63, 3.8) is 0 Å². The number of hydrogen-bond donors (Lipinski definition) is 2. The van der Waals surface area contributed by atoms with Crippen LogP contribution in [0.4, 0.5) is 4.79 Å². The van der Waals surface area contributed by atoms with Crippen molar-refractivity contribution in [2.24, 2.45) is 0 Å². The molecule has 1 aliphatic carbocycles. The van der Waals surface area contributed by atoms with Crippen LogP contribution in [-0.4, -0.2) is 68.7 Å². The zero-order valence-electron chi connectivity index (χ0n) is 40.4. The molecule has 0 bridgehead atoms. The summed E-state index contributed by atoms with van der Waals surface area (Å²) in [6, 6.07) is 15.1. The number of alkyl carbamates (subject to hydrolysis) is 1. The molecule has 0 spiro atoms. The van der Waals surface area contributed by atoms with Crippen LogP contribution in [0.5, 0.6) is 0 Å². The molecule has 2 amide bonds. The summed E-state index contributed by atoms with van der Waals surface area (Å²) in [5.74, 6) is -1.24. The SMILES string of the molecule is CCCCCCCCCCCCCCOCC(CNC(=O)[C@H](CC(=O)OC(C)(C)C)NC(=O)OCC1c2ccccc2-c2ccccc21)OCCCCCCCCCCCCCC. The van der Waals surface area contributed by atoms with Crippen molar-refractivity contribution in [2.45, 2.75) is 219 Å². The van der Waals surface area contributed by atoms with Crippen LogP contribution in [0.25, 0.3) is 11.1 Å². The second-order valence-electron chi connectivity index (χ2n) is 18.9. The molecule has 0 radical (unpaired) electrons. The summed E-state index contributed by atoms with van der Waals surface area (Å²) in [5, 5.41) is 5.63. The number of benzene rings is 2. The first-order chi connectivity index (χ1) is 30.6. The fourth-order valence-electron chi connectivity index (χ4n) is 8.50. The van der Waals surface area contributed by atoms with Gasteiger partial charge in [0.05, 0.1) is 19.1 Å². The first kappa shape index (κ1) is 53.9. The molecule has 0 aliphatic heterocycles. The lowest BCUT2D eigenvalue weighted by Gasteiger charge is -2.24. The van der Waals surface area contributed by atoms with E-state index in [0.717, 1.165) is 47.9 Å². The van der Waals surface area contributed by atoms with Gasteiger partial charge in [-0.3, -0.25) is 9.59 Å². The fourth-order valence-corrected chi connectivity index (χ4v) is 8.50. The van der Waals surface area contributed by atoms with Gasteiger partial charge in [-0.05, 0) is 55.9 Å². The number of fused-ring (bicyclic) bond motifs is 3. The molecule has 2 atom stereocenters.